The highest BCUT2D eigenvalue weighted by Crippen LogP contribution is 2.18. The molecule has 2 fully saturated rings. The monoisotopic (exact) mass is 390 g/mol. The Morgan fingerprint density at radius 3 is 2.84 bits per heavy atom. The van der Waals surface area contributed by atoms with Gasteiger partial charge in [0.1, 0.15) is 5.82 Å². The zero-order chi connectivity index (χ0) is 15.9. The van der Waals surface area contributed by atoms with E-state index in [9.17, 15) is 4.79 Å². The molecule has 2 aliphatic rings. The number of pyridine rings is 1. The summed E-state index contributed by atoms with van der Waals surface area (Å²) in [6.07, 6.45) is 6.08. The van der Waals surface area contributed by atoms with Crippen LogP contribution in [-0.4, -0.2) is 49.8 Å². The van der Waals surface area contributed by atoms with E-state index in [0.717, 1.165) is 37.6 Å². The lowest BCUT2D eigenvalue weighted by Crippen LogP contribution is -2.44. The minimum absolute atomic E-state index is 0. The summed E-state index contributed by atoms with van der Waals surface area (Å²) in [5.74, 6) is 1.09. The molecule has 1 atom stereocenters. The Morgan fingerprint density at radius 2 is 2.12 bits per heavy atom. The summed E-state index contributed by atoms with van der Waals surface area (Å²) < 4.78 is 5.37. The SMILES string of the molecule is Cl.Cl.O=C(CC1COCCN1)NCc1ccnc(N2CCCCC2)c1. The second-order valence-electron chi connectivity index (χ2n) is 6.28. The first-order chi connectivity index (χ1) is 11.3. The molecule has 0 saturated carbocycles. The Kier molecular flexibility index (Phi) is 10.1. The van der Waals surface area contributed by atoms with E-state index in [4.69, 9.17) is 4.74 Å². The van der Waals surface area contributed by atoms with E-state index in [2.05, 4.69) is 26.6 Å². The van der Waals surface area contributed by atoms with Gasteiger partial charge in [-0.2, -0.15) is 0 Å². The largest absolute Gasteiger partial charge is 0.378 e. The van der Waals surface area contributed by atoms with E-state index in [-0.39, 0.29) is 36.8 Å². The summed E-state index contributed by atoms with van der Waals surface area (Å²) in [5, 5.41) is 6.29. The molecule has 0 bridgehead atoms. The van der Waals surface area contributed by atoms with Crippen molar-refractivity contribution in [3.05, 3.63) is 23.9 Å². The molecule has 8 heteroatoms. The molecule has 1 aromatic rings. The topological polar surface area (TPSA) is 66.5 Å². The number of hydrogen-bond acceptors (Lipinski definition) is 5. The first-order valence-corrected chi connectivity index (χ1v) is 8.59. The number of morpholine rings is 1. The number of piperidine rings is 1. The van der Waals surface area contributed by atoms with E-state index in [0.29, 0.717) is 19.6 Å². The number of carbonyl (C=O) groups is 1. The predicted octanol–water partition coefficient (Wildman–Crippen LogP) is 1.91. The van der Waals surface area contributed by atoms with Gasteiger partial charge in [0.25, 0.3) is 0 Å². The first-order valence-electron chi connectivity index (χ1n) is 8.59. The Morgan fingerprint density at radius 1 is 1.32 bits per heavy atom. The third-order valence-corrected chi connectivity index (χ3v) is 4.41. The molecule has 2 N–H and O–H groups in total. The Balaban J connectivity index is 0.00000156. The number of nitrogens with zero attached hydrogens (tertiary/aromatic N) is 2. The van der Waals surface area contributed by atoms with Gasteiger partial charge in [0, 0.05) is 44.8 Å². The van der Waals surface area contributed by atoms with Gasteiger partial charge in [0.05, 0.1) is 13.2 Å². The molecule has 0 aliphatic carbocycles. The van der Waals surface area contributed by atoms with Crippen LogP contribution in [0.25, 0.3) is 0 Å². The number of anilines is 1. The Bertz CT molecular complexity index is 521. The molecule has 1 aromatic heterocycles. The number of hydrogen-bond donors (Lipinski definition) is 2. The molecule has 2 aliphatic heterocycles. The lowest BCUT2D eigenvalue weighted by atomic mass is 10.1. The summed E-state index contributed by atoms with van der Waals surface area (Å²) in [6, 6.07) is 4.19. The van der Waals surface area contributed by atoms with Crippen LogP contribution in [0.15, 0.2) is 18.3 Å². The third-order valence-electron chi connectivity index (χ3n) is 4.41. The molecule has 142 valence electrons. The quantitative estimate of drug-likeness (QED) is 0.803. The normalized spacial score (nSPS) is 20.2. The molecule has 6 nitrogen and oxygen atoms in total. The zero-order valence-corrected chi connectivity index (χ0v) is 16.0. The highest BCUT2D eigenvalue weighted by molar-refractivity contribution is 5.85. The number of carbonyl (C=O) groups excluding carboxylic acids is 1. The molecular formula is C17H28Cl2N4O2. The number of amides is 1. The number of halogens is 2. The van der Waals surface area contributed by atoms with E-state index >= 15 is 0 Å². The van der Waals surface area contributed by atoms with Gasteiger partial charge in [0.15, 0.2) is 0 Å². The van der Waals surface area contributed by atoms with Crippen LogP contribution in [0.2, 0.25) is 0 Å². The first kappa shape index (κ1) is 22.0. The molecule has 1 amide bonds. The van der Waals surface area contributed by atoms with Gasteiger partial charge in [-0.1, -0.05) is 0 Å². The van der Waals surface area contributed by atoms with Crippen LogP contribution in [-0.2, 0) is 16.1 Å². The fraction of sp³-hybridized carbons (Fsp3) is 0.647. The maximum atomic E-state index is 12.0. The van der Waals surface area contributed by atoms with E-state index in [1.165, 1.54) is 19.3 Å². The summed E-state index contributed by atoms with van der Waals surface area (Å²) in [5.41, 5.74) is 1.10. The molecule has 0 radical (unpaired) electrons. The van der Waals surface area contributed by atoms with E-state index in [1.54, 1.807) is 0 Å². The Labute approximate surface area is 161 Å². The summed E-state index contributed by atoms with van der Waals surface area (Å²) in [7, 11) is 0. The molecular weight excluding hydrogens is 363 g/mol. The summed E-state index contributed by atoms with van der Waals surface area (Å²) in [4.78, 5) is 18.8. The summed E-state index contributed by atoms with van der Waals surface area (Å²) >= 11 is 0. The molecule has 0 aromatic carbocycles. The van der Waals surface area contributed by atoms with Crippen LogP contribution < -0.4 is 15.5 Å². The fourth-order valence-corrected chi connectivity index (χ4v) is 3.11. The van der Waals surface area contributed by atoms with Crippen LogP contribution in [0.5, 0.6) is 0 Å². The van der Waals surface area contributed by atoms with Gasteiger partial charge < -0.3 is 20.3 Å². The third kappa shape index (κ3) is 6.98. The van der Waals surface area contributed by atoms with Crippen molar-refractivity contribution in [3.63, 3.8) is 0 Å². The molecule has 0 spiro atoms. The van der Waals surface area contributed by atoms with Crippen LogP contribution in [0.4, 0.5) is 5.82 Å². The average Bonchev–Trinajstić information content (AvgIpc) is 2.62. The Hall–Kier alpha value is -1.08. The van der Waals surface area contributed by atoms with Crippen molar-refractivity contribution in [1.82, 2.24) is 15.6 Å². The van der Waals surface area contributed by atoms with Crippen molar-refractivity contribution in [2.24, 2.45) is 0 Å². The predicted molar refractivity (Wildman–Crippen MR) is 104 cm³/mol. The van der Waals surface area contributed by atoms with Crippen LogP contribution in [0, 0.1) is 0 Å². The maximum Gasteiger partial charge on any atom is 0.221 e. The van der Waals surface area contributed by atoms with Crippen molar-refractivity contribution in [2.45, 2.75) is 38.3 Å². The lowest BCUT2D eigenvalue weighted by molar-refractivity contribution is -0.122. The number of aromatic nitrogens is 1. The van der Waals surface area contributed by atoms with Gasteiger partial charge in [0.2, 0.25) is 5.91 Å². The molecule has 3 heterocycles. The molecule has 2 saturated heterocycles. The van der Waals surface area contributed by atoms with E-state index in [1.807, 2.05) is 12.3 Å². The van der Waals surface area contributed by atoms with Crippen molar-refractivity contribution in [3.8, 4) is 0 Å². The van der Waals surface area contributed by atoms with Crippen molar-refractivity contribution in [2.75, 3.05) is 37.7 Å². The number of nitrogens with one attached hydrogen (secondary N) is 2. The summed E-state index contributed by atoms with van der Waals surface area (Å²) in [6.45, 7) is 4.87. The zero-order valence-electron chi connectivity index (χ0n) is 14.4. The van der Waals surface area contributed by atoms with Gasteiger partial charge >= 0.3 is 0 Å². The van der Waals surface area contributed by atoms with Crippen molar-refractivity contribution in [1.29, 1.82) is 0 Å². The lowest BCUT2D eigenvalue weighted by Gasteiger charge is -2.28. The van der Waals surface area contributed by atoms with Gasteiger partial charge in [-0.05, 0) is 37.0 Å². The maximum absolute atomic E-state index is 12.0. The number of rotatable bonds is 5. The van der Waals surface area contributed by atoms with Crippen molar-refractivity contribution < 1.29 is 9.53 Å². The van der Waals surface area contributed by atoms with Crippen LogP contribution >= 0.6 is 24.8 Å². The van der Waals surface area contributed by atoms with Crippen LogP contribution in [0.3, 0.4) is 0 Å². The van der Waals surface area contributed by atoms with Gasteiger partial charge in [-0.25, -0.2) is 4.98 Å². The van der Waals surface area contributed by atoms with Crippen molar-refractivity contribution >= 4 is 36.5 Å². The minimum Gasteiger partial charge on any atom is -0.378 e. The minimum atomic E-state index is 0. The highest BCUT2D eigenvalue weighted by Gasteiger charge is 2.17. The highest BCUT2D eigenvalue weighted by atomic mass is 35.5. The van der Waals surface area contributed by atoms with Gasteiger partial charge in [-0.15, -0.1) is 24.8 Å². The smallest absolute Gasteiger partial charge is 0.221 e. The van der Waals surface area contributed by atoms with E-state index < -0.39 is 0 Å². The average molecular weight is 391 g/mol. The second-order valence-corrected chi connectivity index (χ2v) is 6.28. The number of ether oxygens (including phenoxy) is 1. The molecule has 3 rings (SSSR count). The standard InChI is InChI=1S/C17H26N4O2.2ClH/c22-17(11-15-13-23-9-6-18-15)20-12-14-4-5-19-16(10-14)21-7-2-1-3-8-21;;/h4-5,10,15,18H,1-3,6-9,11-13H2,(H,20,22);2*1H. The second kappa shape index (κ2) is 11.5. The molecule has 25 heavy (non-hydrogen) atoms. The van der Waals surface area contributed by atoms with Crippen LogP contribution in [0.1, 0.15) is 31.2 Å². The molecule has 1 unspecified atom stereocenters. The fourth-order valence-electron chi connectivity index (χ4n) is 3.11. The van der Waals surface area contributed by atoms with Gasteiger partial charge in [-0.3, -0.25) is 4.79 Å².